The predicted octanol–water partition coefficient (Wildman–Crippen LogP) is 1.23. The largest absolute Gasteiger partial charge is 0.508 e. The van der Waals surface area contributed by atoms with Crippen LogP contribution in [0, 0.1) is 17.0 Å². The second kappa shape index (κ2) is 6.64. The first-order valence-corrected chi connectivity index (χ1v) is 8.05. The van der Waals surface area contributed by atoms with Crippen LogP contribution >= 0.6 is 0 Å². The van der Waals surface area contributed by atoms with Crippen molar-refractivity contribution in [3.8, 4) is 5.75 Å². The van der Waals surface area contributed by atoms with Gasteiger partial charge in [-0.1, -0.05) is 6.07 Å². The number of nitro groups is 1. The number of hydrogen-bond acceptors (Lipinski definition) is 6. The molecule has 3 N–H and O–H groups in total. The SMILES string of the molecule is Cc1ccc([N+](=O)[O-])cc1S(=O)(=O)NNC(=O)c1ccc(O)cc1. The zero-order chi connectivity index (χ0) is 17.9. The highest BCUT2D eigenvalue weighted by Gasteiger charge is 2.21. The number of aromatic hydroxyl groups is 1. The fourth-order valence-corrected chi connectivity index (χ4v) is 2.95. The lowest BCUT2D eigenvalue weighted by molar-refractivity contribution is -0.385. The zero-order valence-corrected chi connectivity index (χ0v) is 13.2. The number of carbonyl (C=O) groups excluding carboxylic acids is 1. The van der Waals surface area contributed by atoms with Crippen molar-refractivity contribution in [3.63, 3.8) is 0 Å². The van der Waals surface area contributed by atoms with Gasteiger partial charge in [-0.3, -0.25) is 20.3 Å². The van der Waals surface area contributed by atoms with Gasteiger partial charge < -0.3 is 5.11 Å². The predicted molar refractivity (Wildman–Crippen MR) is 83.7 cm³/mol. The summed E-state index contributed by atoms with van der Waals surface area (Å²) in [6.07, 6.45) is 0. The van der Waals surface area contributed by atoms with Crippen LogP contribution in [0.3, 0.4) is 0 Å². The van der Waals surface area contributed by atoms with E-state index >= 15 is 0 Å². The van der Waals surface area contributed by atoms with Crippen molar-refractivity contribution in [2.24, 2.45) is 0 Å². The lowest BCUT2D eigenvalue weighted by Gasteiger charge is -2.10. The number of sulfonamides is 1. The minimum atomic E-state index is -4.19. The van der Waals surface area contributed by atoms with Crippen LogP contribution in [-0.4, -0.2) is 24.4 Å². The number of nitro benzene ring substituents is 1. The fourth-order valence-electron chi connectivity index (χ4n) is 1.85. The minimum absolute atomic E-state index is 0.0423. The molecule has 0 bridgehead atoms. The van der Waals surface area contributed by atoms with Gasteiger partial charge in [0, 0.05) is 17.7 Å². The molecule has 0 aromatic heterocycles. The Hall–Kier alpha value is -2.98. The lowest BCUT2D eigenvalue weighted by atomic mass is 10.2. The maximum absolute atomic E-state index is 12.2. The molecule has 24 heavy (non-hydrogen) atoms. The molecule has 0 unspecified atom stereocenters. The van der Waals surface area contributed by atoms with E-state index in [4.69, 9.17) is 5.11 Å². The molecule has 9 nitrogen and oxygen atoms in total. The normalized spacial score (nSPS) is 11.0. The smallest absolute Gasteiger partial charge is 0.270 e. The molecular weight excluding hydrogens is 338 g/mol. The van der Waals surface area contributed by atoms with Crippen LogP contribution < -0.4 is 10.3 Å². The highest BCUT2D eigenvalue weighted by atomic mass is 32.2. The van der Waals surface area contributed by atoms with Gasteiger partial charge in [-0.05, 0) is 36.8 Å². The van der Waals surface area contributed by atoms with E-state index in [1.165, 1.54) is 43.3 Å². The first-order valence-electron chi connectivity index (χ1n) is 6.57. The number of phenolic OH excluding ortho intramolecular Hbond substituents is 1. The van der Waals surface area contributed by atoms with Crippen molar-refractivity contribution in [1.29, 1.82) is 0 Å². The second-order valence-corrected chi connectivity index (χ2v) is 6.46. The summed E-state index contributed by atoms with van der Waals surface area (Å²) in [6.45, 7) is 1.47. The zero-order valence-electron chi connectivity index (χ0n) is 12.4. The van der Waals surface area contributed by atoms with Crippen LogP contribution in [0.4, 0.5) is 5.69 Å². The first kappa shape index (κ1) is 17.4. The molecule has 0 saturated heterocycles. The molecule has 0 aliphatic heterocycles. The molecule has 0 aliphatic rings. The molecule has 0 atom stereocenters. The van der Waals surface area contributed by atoms with E-state index in [1.807, 2.05) is 10.3 Å². The van der Waals surface area contributed by atoms with Crippen molar-refractivity contribution in [2.45, 2.75) is 11.8 Å². The Kier molecular flexibility index (Phi) is 4.81. The molecule has 0 heterocycles. The van der Waals surface area contributed by atoms with Gasteiger partial charge in [0.2, 0.25) is 0 Å². The summed E-state index contributed by atoms with van der Waals surface area (Å²) in [5.41, 5.74) is 2.02. The van der Waals surface area contributed by atoms with Crippen molar-refractivity contribution < 1.29 is 23.2 Å². The average Bonchev–Trinajstić information content (AvgIpc) is 2.53. The van der Waals surface area contributed by atoms with Crippen LogP contribution in [0.25, 0.3) is 0 Å². The standard InChI is InChI=1S/C14H13N3O6S/c1-9-2-5-11(17(20)21)8-13(9)24(22,23)16-15-14(19)10-3-6-12(18)7-4-10/h2-8,16,18H,1H3,(H,15,19). The molecule has 2 aromatic carbocycles. The Morgan fingerprint density at radius 2 is 1.79 bits per heavy atom. The summed E-state index contributed by atoms with van der Waals surface area (Å²) < 4.78 is 24.5. The van der Waals surface area contributed by atoms with Crippen LogP contribution in [0.15, 0.2) is 47.4 Å². The number of aryl methyl sites for hydroxylation is 1. The molecule has 0 fully saturated rings. The van der Waals surface area contributed by atoms with Crippen molar-refractivity contribution >= 4 is 21.6 Å². The molecule has 1 amide bonds. The summed E-state index contributed by atoms with van der Waals surface area (Å²) in [5.74, 6) is -0.791. The molecule has 126 valence electrons. The molecule has 2 rings (SSSR count). The Labute approximate surface area is 137 Å². The molecular formula is C14H13N3O6S. The number of non-ortho nitro benzene ring substituents is 1. The van der Waals surface area contributed by atoms with Crippen LogP contribution in [0.1, 0.15) is 15.9 Å². The number of carbonyl (C=O) groups is 1. The highest BCUT2D eigenvalue weighted by Crippen LogP contribution is 2.21. The number of nitrogens with zero attached hydrogens (tertiary/aromatic N) is 1. The summed E-state index contributed by atoms with van der Waals surface area (Å²) in [4.78, 5) is 23.5. The Morgan fingerprint density at radius 3 is 2.38 bits per heavy atom. The Bertz CT molecular complexity index is 893. The number of hydrazine groups is 1. The van der Waals surface area contributed by atoms with Gasteiger partial charge >= 0.3 is 0 Å². The number of phenols is 1. The Morgan fingerprint density at radius 1 is 1.17 bits per heavy atom. The van der Waals surface area contributed by atoms with E-state index < -0.39 is 20.9 Å². The first-order chi connectivity index (χ1) is 11.2. The molecule has 2 aromatic rings. The van der Waals surface area contributed by atoms with Crippen molar-refractivity contribution in [3.05, 3.63) is 63.7 Å². The topological polar surface area (TPSA) is 139 Å². The lowest BCUT2D eigenvalue weighted by Crippen LogP contribution is -2.41. The maximum Gasteiger partial charge on any atom is 0.270 e. The van der Waals surface area contributed by atoms with Gasteiger partial charge in [0.25, 0.3) is 21.6 Å². The molecule has 0 radical (unpaired) electrons. The second-order valence-electron chi connectivity index (χ2n) is 4.81. The van der Waals surface area contributed by atoms with E-state index in [2.05, 4.69) is 0 Å². The molecule has 0 saturated carbocycles. The van der Waals surface area contributed by atoms with E-state index in [-0.39, 0.29) is 27.5 Å². The summed E-state index contributed by atoms with van der Waals surface area (Å²) in [7, 11) is -4.19. The van der Waals surface area contributed by atoms with E-state index in [9.17, 15) is 23.3 Å². The van der Waals surface area contributed by atoms with Gasteiger partial charge in [-0.2, -0.15) is 0 Å². The quantitative estimate of drug-likeness (QED) is 0.547. The number of hydrogen-bond donors (Lipinski definition) is 3. The third-order valence-corrected chi connectivity index (χ3v) is 4.49. The number of nitrogens with one attached hydrogen (secondary N) is 2. The third kappa shape index (κ3) is 3.86. The number of rotatable bonds is 5. The van der Waals surface area contributed by atoms with Gasteiger partial charge in [0.15, 0.2) is 0 Å². The van der Waals surface area contributed by atoms with Gasteiger partial charge in [-0.25, -0.2) is 8.42 Å². The minimum Gasteiger partial charge on any atom is -0.508 e. The monoisotopic (exact) mass is 351 g/mol. The van der Waals surface area contributed by atoms with E-state index in [0.29, 0.717) is 0 Å². The van der Waals surface area contributed by atoms with E-state index in [0.717, 1.165) is 6.07 Å². The van der Waals surface area contributed by atoms with Gasteiger partial charge in [0.05, 0.1) is 9.82 Å². The summed E-state index contributed by atoms with van der Waals surface area (Å²) in [6, 6.07) is 8.54. The Balaban J connectivity index is 2.19. The molecule has 10 heteroatoms. The van der Waals surface area contributed by atoms with Crippen LogP contribution in [0.2, 0.25) is 0 Å². The molecule has 0 aliphatic carbocycles. The number of amides is 1. The maximum atomic E-state index is 12.2. The van der Waals surface area contributed by atoms with Gasteiger partial charge in [0.1, 0.15) is 5.75 Å². The molecule has 0 spiro atoms. The highest BCUT2D eigenvalue weighted by molar-refractivity contribution is 7.89. The van der Waals surface area contributed by atoms with E-state index in [1.54, 1.807) is 0 Å². The van der Waals surface area contributed by atoms with Crippen molar-refractivity contribution in [2.75, 3.05) is 0 Å². The van der Waals surface area contributed by atoms with Crippen molar-refractivity contribution in [1.82, 2.24) is 10.3 Å². The summed E-state index contributed by atoms with van der Waals surface area (Å²) >= 11 is 0. The van der Waals surface area contributed by atoms with Gasteiger partial charge in [-0.15, -0.1) is 4.83 Å². The fraction of sp³-hybridized carbons (Fsp3) is 0.0714. The third-order valence-electron chi connectivity index (χ3n) is 3.10. The van der Waals surface area contributed by atoms with Crippen LogP contribution in [-0.2, 0) is 10.0 Å². The average molecular weight is 351 g/mol. The van der Waals surface area contributed by atoms with Crippen LogP contribution in [0.5, 0.6) is 5.75 Å². The summed E-state index contributed by atoms with van der Waals surface area (Å²) in [5, 5.41) is 19.9. The number of benzene rings is 2.